The van der Waals surface area contributed by atoms with Crippen LogP contribution in [0.3, 0.4) is 0 Å². The van der Waals surface area contributed by atoms with Crippen molar-refractivity contribution in [1.82, 2.24) is 0 Å². The Morgan fingerprint density at radius 3 is 1.59 bits per heavy atom. The molecule has 42 atom stereocenters. The van der Waals surface area contributed by atoms with E-state index in [0.29, 0.717) is 38.5 Å². The summed E-state index contributed by atoms with van der Waals surface area (Å²) >= 11 is 0. The molecule has 5 aliphatic carbocycles. The van der Waals surface area contributed by atoms with Gasteiger partial charge in [0.1, 0.15) is 153 Å². The van der Waals surface area contributed by atoms with Crippen molar-refractivity contribution in [2.24, 2.45) is 50.2 Å². The lowest BCUT2D eigenvalue weighted by Crippen LogP contribution is -2.68. The van der Waals surface area contributed by atoms with Crippen LogP contribution in [0.25, 0.3) is 6.08 Å². The molecule has 7 saturated heterocycles. The number of esters is 2. The molecule has 13 rings (SSSR count). The fraction of sp³-hybridized carbons (Fsp3) is 0.848. The van der Waals surface area contributed by atoms with Crippen molar-refractivity contribution in [2.75, 3.05) is 39.6 Å². The van der Waals surface area contributed by atoms with Gasteiger partial charge >= 0.3 is 11.9 Å². The Kier molecular flexibility index (Phi) is 27.3. The van der Waals surface area contributed by atoms with Gasteiger partial charge in [-0.05, 0) is 109 Å². The van der Waals surface area contributed by atoms with Crippen LogP contribution in [-0.2, 0) is 80.6 Å². The van der Waals surface area contributed by atoms with E-state index in [1.807, 2.05) is 44.2 Å². The molecule has 1 aromatic rings. The molecule has 0 amide bonds. The van der Waals surface area contributed by atoms with Gasteiger partial charge in [-0.15, -0.1) is 0 Å². The third kappa shape index (κ3) is 16.4. The van der Waals surface area contributed by atoms with E-state index in [1.165, 1.54) is 13.0 Å². The molecule has 0 aromatic heterocycles. The summed E-state index contributed by atoms with van der Waals surface area (Å²) in [7, 11) is 0. The number of allylic oxidation sites excluding steroid dienone is 2. The van der Waals surface area contributed by atoms with Gasteiger partial charge in [0.05, 0.1) is 57.3 Å². The summed E-state index contributed by atoms with van der Waals surface area (Å²) in [6, 6.07) is 9.09. The molecular formula is C79H120O37. The lowest BCUT2D eigenvalue weighted by Gasteiger charge is -2.71. The second kappa shape index (κ2) is 35.2. The van der Waals surface area contributed by atoms with E-state index in [4.69, 9.17) is 71.1 Å². The van der Waals surface area contributed by atoms with Crippen molar-refractivity contribution >= 4 is 18.0 Å². The molecule has 12 aliphatic rings. The van der Waals surface area contributed by atoms with E-state index in [9.17, 15) is 107 Å². The van der Waals surface area contributed by atoms with Gasteiger partial charge in [0.15, 0.2) is 43.8 Å². The summed E-state index contributed by atoms with van der Waals surface area (Å²) < 4.78 is 91.4. The standard InChI is InChI=1S/C79H120O37/c1-32-47(86)62(112-67-59(98)54(93)50(89)38(26-80)106-67)61(100)69(105-32)115-65-56(95)52(91)40(28-82)108-72(65)116-73(101)79-23-22-77(7)34(35(79)24-74(2,3)45(25-79)110-46(85)17-14-33-12-10-9-11-13-33)15-16-43-76(6)20-19-44(75(4,5)42(76)18-21-78(43,77)8)111-71-64(114-68-60(99)55(94)51(90)39(27-81)107-68)57(96)53(92)41(109-71)31-104-70-63(49(88)37(84)30-103-70)113-66-58(97)48(87)36(83)29-102-66/h9-15,17,32,35-45,47-72,80-84,86-100H,16,18-31H2,1-8H3/b17-14+/t32-,35-,36+,37-,38+,39+,40+,41+,42-,43+,44-,45-,47-,48-,49-,50+,51+,52+,53+,54-,55-,56-,57-,58+,59+,60+,61?,62+,63+,64+,65+,66-,67-,68-,69-,70-,71-,72-,76-,77+,78+,79+/m0/s1. The molecule has 116 heavy (non-hydrogen) atoms. The van der Waals surface area contributed by atoms with Crippen molar-refractivity contribution in [1.29, 1.82) is 0 Å². The number of rotatable bonds is 21. The van der Waals surface area contributed by atoms with Crippen molar-refractivity contribution in [2.45, 2.75) is 328 Å². The van der Waals surface area contributed by atoms with Crippen LogP contribution >= 0.6 is 0 Å². The number of hydrogen-bond donors (Lipinski definition) is 20. The molecule has 20 N–H and O–H groups in total. The first-order valence-corrected chi connectivity index (χ1v) is 40.3. The van der Waals surface area contributed by atoms with Gasteiger partial charge in [-0.1, -0.05) is 90.4 Å². The monoisotopic (exact) mass is 1660 g/mol. The second-order valence-electron chi connectivity index (χ2n) is 36.0. The Balaban J connectivity index is 0.778. The van der Waals surface area contributed by atoms with Crippen LogP contribution in [0.4, 0.5) is 0 Å². The highest BCUT2D eigenvalue weighted by atomic mass is 16.8. The Morgan fingerprint density at radius 2 is 0.983 bits per heavy atom. The molecule has 37 nitrogen and oxygen atoms in total. The number of ether oxygens (including phenoxy) is 15. The topological polar surface area (TPSA) is 577 Å². The lowest BCUT2D eigenvalue weighted by molar-refractivity contribution is -0.384. The summed E-state index contributed by atoms with van der Waals surface area (Å²) in [5, 5.41) is 220. The Hall–Kier alpha value is -3.68. The summed E-state index contributed by atoms with van der Waals surface area (Å²) in [5.74, 6) is -2.37. The van der Waals surface area contributed by atoms with Crippen LogP contribution in [0.5, 0.6) is 0 Å². The number of hydrogen-bond acceptors (Lipinski definition) is 37. The predicted molar refractivity (Wildman–Crippen MR) is 388 cm³/mol. The molecule has 0 spiro atoms. The highest BCUT2D eigenvalue weighted by Gasteiger charge is 2.72. The Bertz CT molecular complexity index is 3540. The minimum Gasteiger partial charge on any atom is -0.459 e. The summed E-state index contributed by atoms with van der Waals surface area (Å²) in [6.07, 6.45) is -51.5. The van der Waals surface area contributed by atoms with Gasteiger partial charge in [0.25, 0.3) is 0 Å². The van der Waals surface area contributed by atoms with Gasteiger partial charge in [-0.3, -0.25) is 4.79 Å². The average Bonchev–Trinajstić information content (AvgIpc) is 0.672. The maximum Gasteiger partial charge on any atom is 0.331 e. The third-order valence-electron chi connectivity index (χ3n) is 28.5. The average molecular weight is 1660 g/mol. The van der Waals surface area contributed by atoms with Crippen LogP contribution < -0.4 is 0 Å². The molecule has 7 heterocycles. The zero-order valence-corrected chi connectivity index (χ0v) is 66.0. The largest absolute Gasteiger partial charge is 0.459 e. The molecular weight excluding hydrogens is 1540 g/mol. The van der Waals surface area contributed by atoms with Crippen molar-refractivity contribution in [3.8, 4) is 0 Å². The number of aliphatic hydroxyl groups excluding tert-OH is 20. The first-order chi connectivity index (χ1) is 54.7. The predicted octanol–water partition coefficient (Wildman–Crippen LogP) is -5.02. The number of fused-ring (bicyclic) bond motifs is 7. The van der Waals surface area contributed by atoms with Gasteiger partial charge in [-0.25, -0.2) is 4.79 Å². The minimum atomic E-state index is -2.06. The van der Waals surface area contributed by atoms with Gasteiger partial charge in [-0.2, -0.15) is 0 Å². The van der Waals surface area contributed by atoms with Crippen LogP contribution in [0.15, 0.2) is 48.1 Å². The van der Waals surface area contributed by atoms with Crippen LogP contribution in [0, 0.1) is 50.2 Å². The summed E-state index contributed by atoms with van der Waals surface area (Å²) in [4.78, 5) is 30.4. The van der Waals surface area contributed by atoms with Crippen molar-refractivity contribution in [3.05, 3.63) is 53.6 Å². The number of benzene rings is 1. The second-order valence-corrected chi connectivity index (χ2v) is 36.0. The SMILES string of the molecule is C[C@@H]1O[C@@H](O[C@H]2[C@H](OC(=O)[C@@]34CC[C@]5(C)C(=CC[C@@H]6[C@@]7(C)CC[C@H](O[C@@H]8O[C@H](CO[C@@H]9OC[C@H](O)[C@H](O)[C@H]9O[C@@H]9OC[C@@H](O)[C@H](O)[C@H]9O)[C@@H](O)[C@H](O)[C@H]8O[C@@H]8O[C@H](CO)[C@@H](O)[C@H](O)[C@H]8O)C(C)(C)[C@@H]7CC[C@]65C)[C@@H]3CC(C)(C)[C@@H](OC(=O)/C=C/c3ccccc3)C4)O[C@H](CO)[C@@H](O)[C@@H]2O)C(O)[C@H](O[C@@H]2O[C@H](CO)[C@@H](O)[C@H](O)[C@H]2O)[C@H]1O. The zero-order valence-electron chi connectivity index (χ0n) is 66.0. The Labute approximate surface area is 670 Å². The van der Waals surface area contributed by atoms with Crippen LogP contribution in [0.1, 0.15) is 119 Å². The maximum absolute atomic E-state index is 16.3. The molecule has 0 radical (unpaired) electrons. The zero-order chi connectivity index (χ0) is 84.1. The van der Waals surface area contributed by atoms with E-state index in [1.54, 1.807) is 6.08 Å². The van der Waals surface area contributed by atoms with Gasteiger partial charge in [0, 0.05) is 17.9 Å². The van der Waals surface area contributed by atoms with Crippen molar-refractivity contribution in [3.63, 3.8) is 0 Å². The van der Waals surface area contributed by atoms with Crippen LogP contribution in [0.2, 0.25) is 0 Å². The first-order valence-electron chi connectivity index (χ1n) is 40.3. The summed E-state index contributed by atoms with van der Waals surface area (Å²) in [5.41, 5.74) is -3.10. The highest BCUT2D eigenvalue weighted by molar-refractivity contribution is 5.87. The maximum atomic E-state index is 16.3. The van der Waals surface area contributed by atoms with E-state index >= 15 is 4.79 Å². The van der Waals surface area contributed by atoms with Crippen molar-refractivity contribution < 1.29 is 183 Å². The minimum absolute atomic E-state index is 0.0464. The summed E-state index contributed by atoms with van der Waals surface area (Å²) in [6.45, 7) is 12.1. The quantitative estimate of drug-likeness (QED) is 0.0237. The Morgan fingerprint density at radius 1 is 0.466 bits per heavy atom. The van der Waals surface area contributed by atoms with E-state index in [0.717, 1.165) is 11.1 Å². The number of carbonyl (C=O) groups excluding carboxylic acids is 2. The fourth-order valence-corrected chi connectivity index (χ4v) is 21.3. The highest BCUT2D eigenvalue weighted by Crippen LogP contribution is 2.76. The van der Waals surface area contributed by atoms with Crippen LogP contribution in [-0.4, -0.2) is 369 Å². The molecule has 37 heteroatoms. The van der Waals surface area contributed by atoms with E-state index < -0.39 is 305 Å². The lowest BCUT2D eigenvalue weighted by atomic mass is 9.33. The molecule has 4 saturated carbocycles. The molecule has 658 valence electrons. The molecule has 0 bridgehead atoms. The van der Waals surface area contributed by atoms with Gasteiger partial charge in [0.2, 0.25) is 6.29 Å². The molecule has 11 fully saturated rings. The van der Waals surface area contributed by atoms with Gasteiger partial charge < -0.3 is 173 Å². The number of aliphatic hydroxyl groups is 20. The number of carbonyl (C=O) groups is 2. The smallest absolute Gasteiger partial charge is 0.331 e. The third-order valence-corrected chi connectivity index (χ3v) is 28.5. The normalized spacial score (nSPS) is 50.8. The van der Waals surface area contributed by atoms with E-state index in [-0.39, 0.29) is 31.1 Å². The molecule has 1 aromatic carbocycles. The first kappa shape index (κ1) is 90.1. The van der Waals surface area contributed by atoms with E-state index in [2.05, 4.69) is 40.7 Å². The molecule has 1 unspecified atom stereocenters. The fourth-order valence-electron chi connectivity index (χ4n) is 21.3. The molecule has 7 aliphatic heterocycles.